The summed E-state index contributed by atoms with van der Waals surface area (Å²) in [6.07, 6.45) is -3.36. The molecule has 2 N–H and O–H groups in total. The lowest BCUT2D eigenvalue weighted by atomic mass is 9.89. The largest absolute Gasteiger partial charge is 0.444 e. The number of fused-ring (bicyclic) bond motifs is 1. The Morgan fingerprint density at radius 3 is 2.53 bits per heavy atom. The van der Waals surface area contributed by atoms with Gasteiger partial charge in [-0.25, -0.2) is 4.79 Å². The van der Waals surface area contributed by atoms with Gasteiger partial charge in [-0.2, -0.15) is 13.2 Å². The summed E-state index contributed by atoms with van der Waals surface area (Å²) >= 11 is 1.94. The summed E-state index contributed by atoms with van der Waals surface area (Å²) in [6.45, 7) is 6.87. The molecule has 1 aromatic heterocycles. The van der Waals surface area contributed by atoms with Crippen LogP contribution in [0.15, 0.2) is 24.3 Å². The number of piperidine rings is 1. The van der Waals surface area contributed by atoms with Crippen molar-refractivity contribution >= 4 is 45.3 Å². The Morgan fingerprint density at radius 2 is 1.87 bits per heavy atom. The first kappa shape index (κ1) is 30.8. The van der Waals surface area contributed by atoms with Gasteiger partial charge in [0, 0.05) is 36.8 Å². The minimum atomic E-state index is -4.32. The van der Waals surface area contributed by atoms with E-state index in [1.807, 2.05) is 49.4 Å². The number of benzene rings is 1. The predicted molar refractivity (Wildman–Crippen MR) is 147 cm³/mol. The van der Waals surface area contributed by atoms with Gasteiger partial charge in [-0.1, -0.05) is 6.07 Å². The molecule has 0 saturated carbocycles. The molecule has 0 bridgehead atoms. The zero-order valence-electron chi connectivity index (χ0n) is 22.0. The highest BCUT2D eigenvalue weighted by atomic mass is 127. The van der Waals surface area contributed by atoms with Crippen LogP contribution in [0.3, 0.4) is 0 Å². The van der Waals surface area contributed by atoms with E-state index in [0.717, 1.165) is 11.1 Å². The van der Waals surface area contributed by atoms with Crippen LogP contribution < -0.4 is 5.32 Å². The Bertz CT molecular complexity index is 1060. The minimum absolute atomic E-state index is 0.0165. The van der Waals surface area contributed by atoms with E-state index in [4.69, 9.17) is 19.3 Å². The van der Waals surface area contributed by atoms with Gasteiger partial charge < -0.3 is 34.1 Å². The van der Waals surface area contributed by atoms with Crippen LogP contribution in [-0.4, -0.2) is 84.6 Å². The normalized spacial score (nSPS) is 18.7. The topological polar surface area (TPSA) is 85.2 Å². The molecule has 2 heterocycles. The second-order valence-corrected chi connectivity index (χ2v) is 11.5. The number of halogens is 4. The van der Waals surface area contributed by atoms with Crippen molar-refractivity contribution in [3.63, 3.8) is 0 Å². The van der Waals surface area contributed by atoms with Crippen LogP contribution in [-0.2, 0) is 20.8 Å². The molecule has 8 nitrogen and oxygen atoms in total. The maximum atomic E-state index is 13.2. The van der Waals surface area contributed by atoms with Crippen LogP contribution in [0.1, 0.15) is 33.6 Å². The zero-order chi connectivity index (χ0) is 27.9. The molecule has 3 rings (SSSR count). The van der Waals surface area contributed by atoms with Crippen LogP contribution in [0.25, 0.3) is 10.9 Å². The van der Waals surface area contributed by atoms with Gasteiger partial charge in [-0.15, -0.1) is 0 Å². The summed E-state index contributed by atoms with van der Waals surface area (Å²) in [5.74, 6) is 0.0289. The first-order chi connectivity index (χ1) is 17.9. The lowest BCUT2D eigenvalue weighted by Crippen LogP contribution is -2.50. The molecule has 0 spiro atoms. The quantitative estimate of drug-likeness (QED) is 0.254. The maximum Gasteiger partial charge on any atom is 0.410 e. The van der Waals surface area contributed by atoms with Crippen molar-refractivity contribution in [2.24, 2.45) is 5.92 Å². The molecule has 2 unspecified atom stereocenters. The second-order valence-electron chi connectivity index (χ2n) is 10.4. The summed E-state index contributed by atoms with van der Waals surface area (Å²) < 4.78 is 57.8. The van der Waals surface area contributed by atoms with Crippen molar-refractivity contribution in [2.45, 2.75) is 58.0 Å². The highest BCUT2D eigenvalue weighted by Crippen LogP contribution is 2.33. The summed E-state index contributed by atoms with van der Waals surface area (Å²) in [5, 5.41) is 13.1. The highest BCUT2D eigenvalue weighted by Gasteiger charge is 2.34. The van der Waals surface area contributed by atoms with Crippen molar-refractivity contribution in [3.8, 4) is 0 Å². The van der Waals surface area contributed by atoms with E-state index < -0.39 is 18.3 Å². The SMILES string of the molecule is CC(C)(C)OC(=O)N1CCC(Nc2cccc3c2cc(I)n3CC(F)(F)F)C(CCOCCOCCO)C1. The number of hydrogen-bond donors (Lipinski definition) is 2. The van der Waals surface area contributed by atoms with Crippen LogP contribution in [0.2, 0.25) is 0 Å². The fourth-order valence-corrected chi connectivity index (χ4v) is 5.29. The van der Waals surface area contributed by atoms with Gasteiger partial charge in [0.2, 0.25) is 0 Å². The molecule has 2 aromatic rings. The van der Waals surface area contributed by atoms with E-state index in [9.17, 15) is 18.0 Å². The van der Waals surface area contributed by atoms with Crippen molar-refractivity contribution in [2.75, 3.05) is 51.4 Å². The van der Waals surface area contributed by atoms with E-state index >= 15 is 0 Å². The number of rotatable bonds is 11. The molecule has 1 aromatic carbocycles. The Morgan fingerprint density at radius 1 is 1.16 bits per heavy atom. The van der Waals surface area contributed by atoms with Crippen LogP contribution >= 0.6 is 22.6 Å². The first-order valence-electron chi connectivity index (χ1n) is 12.7. The molecule has 12 heteroatoms. The summed E-state index contributed by atoms with van der Waals surface area (Å²) in [6, 6.07) is 7.09. The average molecular weight is 655 g/mol. The van der Waals surface area contributed by atoms with Crippen molar-refractivity contribution in [1.82, 2.24) is 9.47 Å². The lowest BCUT2D eigenvalue weighted by molar-refractivity contribution is -0.140. The monoisotopic (exact) mass is 655 g/mol. The third-order valence-corrected chi connectivity index (χ3v) is 7.09. The molecule has 1 fully saturated rings. The number of carbonyl (C=O) groups is 1. The van der Waals surface area contributed by atoms with Gasteiger partial charge in [0.25, 0.3) is 0 Å². The molecular formula is C26H37F3IN3O5. The third-order valence-electron chi connectivity index (χ3n) is 6.20. The molecule has 1 amide bonds. The Labute approximate surface area is 234 Å². The number of hydrogen-bond acceptors (Lipinski definition) is 6. The van der Waals surface area contributed by atoms with Gasteiger partial charge in [0.1, 0.15) is 12.1 Å². The van der Waals surface area contributed by atoms with Crippen LogP contribution in [0.5, 0.6) is 0 Å². The standard InChI is InChI=1S/C26H37F3IN3O5/c1-25(2,3)38-24(35)32-9-7-20(18(16-32)8-11-36-13-14-37-12-10-34)31-21-5-4-6-22-19(21)15-23(30)33(22)17-26(27,28)29/h4-6,15,18,20,31,34H,7-14,16-17H2,1-3H3. The summed E-state index contributed by atoms with van der Waals surface area (Å²) in [4.78, 5) is 14.5. The summed E-state index contributed by atoms with van der Waals surface area (Å²) in [5.41, 5.74) is 0.682. The number of aliphatic hydroxyl groups excluding tert-OH is 1. The molecule has 2 atom stereocenters. The summed E-state index contributed by atoms with van der Waals surface area (Å²) in [7, 11) is 0. The number of likely N-dealkylation sites (tertiary alicyclic amines) is 1. The van der Waals surface area contributed by atoms with Gasteiger partial charge in [0.05, 0.1) is 35.6 Å². The minimum Gasteiger partial charge on any atom is -0.444 e. The Balaban J connectivity index is 1.74. The number of amides is 1. The molecule has 0 aliphatic carbocycles. The number of alkyl halides is 3. The first-order valence-corrected chi connectivity index (χ1v) is 13.8. The third kappa shape index (κ3) is 9.16. The number of anilines is 1. The molecule has 1 aliphatic heterocycles. The van der Waals surface area contributed by atoms with E-state index in [1.165, 1.54) is 4.57 Å². The predicted octanol–water partition coefficient (Wildman–Crippen LogP) is 5.26. The number of nitrogens with zero attached hydrogens (tertiary/aromatic N) is 2. The van der Waals surface area contributed by atoms with Gasteiger partial charge in [-0.3, -0.25) is 0 Å². The number of aromatic nitrogens is 1. The van der Waals surface area contributed by atoms with Crippen LogP contribution in [0, 0.1) is 9.62 Å². The molecule has 0 radical (unpaired) electrons. The van der Waals surface area contributed by atoms with E-state index in [0.29, 0.717) is 55.0 Å². The maximum absolute atomic E-state index is 13.2. The second kappa shape index (κ2) is 13.5. The fraction of sp³-hybridized carbons (Fsp3) is 0.654. The van der Waals surface area contributed by atoms with Crippen molar-refractivity contribution < 1.29 is 37.3 Å². The van der Waals surface area contributed by atoms with Crippen LogP contribution in [0.4, 0.5) is 23.7 Å². The molecule has 214 valence electrons. The average Bonchev–Trinajstić information content (AvgIpc) is 3.13. The molecule has 1 aliphatic rings. The van der Waals surface area contributed by atoms with E-state index in [2.05, 4.69) is 5.32 Å². The van der Waals surface area contributed by atoms with Gasteiger partial charge >= 0.3 is 12.3 Å². The highest BCUT2D eigenvalue weighted by molar-refractivity contribution is 14.1. The number of carbonyl (C=O) groups excluding carboxylic acids is 1. The Hall–Kier alpha value is -1.77. The fourth-order valence-electron chi connectivity index (χ4n) is 4.55. The van der Waals surface area contributed by atoms with E-state index in [1.54, 1.807) is 23.1 Å². The molecule has 1 saturated heterocycles. The molecular weight excluding hydrogens is 618 g/mol. The van der Waals surface area contributed by atoms with Gasteiger partial charge in [0.15, 0.2) is 0 Å². The molecule has 38 heavy (non-hydrogen) atoms. The Kier molecular flexibility index (Phi) is 11.0. The number of nitrogens with one attached hydrogen (secondary N) is 1. The smallest absolute Gasteiger partial charge is 0.410 e. The van der Waals surface area contributed by atoms with Gasteiger partial charge in [-0.05, 0) is 80.3 Å². The van der Waals surface area contributed by atoms with Crippen molar-refractivity contribution in [1.29, 1.82) is 0 Å². The van der Waals surface area contributed by atoms with E-state index in [-0.39, 0.29) is 31.3 Å². The lowest BCUT2D eigenvalue weighted by Gasteiger charge is -2.40. The number of aliphatic hydroxyl groups is 1. The van der Waals surface area contributed by atoms with Crippen molar-refractivity contribution in [3.05, 3.63) is 28.0 Å². The zero-order valence-corrected chi connectivity index (χ0v) is 24.2. The number of ether oxygens (including phenoxy) is 3.